The third-order valence-corrected chi connectivity index (χ3v) is 5.47. The molecule has 0 fully saturated rings. The molecule has 0 radical (unpaired) electrons. The standard InChI is InChI=1S/C17H22BrNO/c1-2-19-14-9-5-7-13-8-6-11-17(15(13)14,16(19)20)10-3-4-12-18/h5,7,9H,2-4,6,8,10-12H2,1H3. The van der Waals surface area contributed by atoms with Crippen LogP contribution in [0.3, 0.4) is 0 Å². The van der Waals surface area contributed by atoms with E-state index in [9.17, 15) is 4.79 Å². The van der Waals surface area contributed by atoms with Gasteiger partial charge in [0, 0.05) is 17.6 Å². The Morgan fingerprint density at radius 1 is 1.35 bits per heavy atom. The molecule has 0 aromatic heterocycles. The summed E-state index contributed by atoms with van der Waals surface area (Å²) in [5.41, 5.74) is 3.76. The second-order valence-electron chi connectivity index (χ2n) is 5.94. The molecule has 108 valence electrons. The molecule has 3 rings (SSSR count). The molecule has 1 aliphatic carbocycles. The SMILES string of the molecule is CCN1C(=O)C2(CCCCBr)CCCc3cccc1c32. The van der Waals surface area contributed by atoms with Crippen molar-refractivity contribution >= 4 is 27.5 Å². The second-order valence-corrected chi connectivity index (χ2v) is 6.74. The molecule has 0 spiro atoms. The summed E-state index contributed by atoms with van der Waals surface area (Å²) < 4.78 is 0. The number of likely N-dealkylation sites (N-methyl/N-ethyl adjacent to an activating group) is 1. The van der Waals surface area contributed by atoms with Crippen molar-refractivity contribution in [2.24, 2.45) is 0 Å². The normalized spacial score (nSPS) is 24.1. The zero-order valence-corrected chi connectivity index (χ0v) is 13.7. The van der Waals surface area contributed by atoms with Gasteiger partial charge in [0.2, 0.25) is 5.91 Å². The first-order valence-electron chi connectivity index (χ1n) is 7.75. The Bertz CT molecular complexity index is 528. The van der Waals surface area contributed by atoms with Gasteiger partial charge in [0.05, 0.1) is 5.41 Å². The number of aryl methyl sites for hydroxylation is 1. The molecule has 1 amide bonds. The summed E-state index contributed by atoms with van der Waals surface area (Å²) in [5.74, 6) is 0.358. The van der Waals surface area contributed by atoms with Crippen molar-refractivity contribution in [2.75, 3.05) is 16.8 Å². The van der Waals surface area contributed by atoms with Crippen molar-refractivity contribution in [3.8, 4) is 0 Å². The van der Waals surface area contributed by atoms with E-state index in [0.717, 1.165) is 50.4 Å². The molecule has 1 heterocycles. The van der Waals surface area contributed by atoms with Crippen molar-refractivity contribution < 1.29 is 4.79 Å². The highest BCUT2D eigenvalue weighted by molar-refractivity contribution is 9.09. The molecule has 20 heavy (non-hydrogen) atoms. The summed E-state index contributed by atoms with van der Waals surface area (Å²) in [6.45, 7) is 2.87. The van der Waals surface area contributed by atoms with E-state index in [1.165, 1.54) is 16.8 Å². The number of benzene rings is 1. The van der Waals surface area contributed by atoms with Gasteiger partial charge in [-0.1, -0.05) is 34.5 Å². The van der Waals surface area contributed by atoms with Crippen LogP contribution in [-0.2, 0) is 16.6 Å². The number of alkyl halides is 1. The fourth-order valence-corrected chi connectivity index (χ4v) is 4.45. The lowest BCUT2D eigenvalue weighted by Crippen LogP contribution is -2.41. The van der Waals surface area contributed by atoms with Crippen LogP contribution in [-0.4, -0.2) is 17.8 Å². The van der Waals surface area contributed by atoms with Gasteiger partial charge in [-0.25, -0.2) is 0 Å². The maximum absolute atomic E-state index is 13.0. The number of anilines is 1. The van der Waals surface area contributed by atoms with Crippen molar-refractivity contribution in [1.82, 2.24) is 0 Å². The van der Waals surface area contributed by atoms with E-state index in [2.05, 4.69) is 41.1 Å². The fourth-order valence-electron chi connectivity index (χ4n) is 4.05. The van der Waals surface area contributed by atoms with Crippen LogP contribution < -0.4 is 4.90 Å². The second kappa shape index (κ2) is 5.51. The molecule has 3 heteroatoms. The van der Waals surface area contributed by atoms with E-state index in [0.29, 0.717) is 5.91 Å². The molecule has 2 nitrogen and oxygen atoms in total. The first-order valence-corrected chi connectivity index (χ1v) is 8.87. The lowest BCUT2D eigenvalue weighted by Gasteiger charge is -2.33. The quantitative estimate of drug-likeness (QED) is 0.583. The zero-order chi connectivity index (χ0) is 14.2. The van der Waals surface area contributed by atoms with Gasteiger partial charge < -0.3 is 4.90 Å². The average Bonchev–Trinajstić information content (AvgIpc) is 2.71. The van der Waals surface area contributed by atoms with Crippen LogP contribution in [0, 0.1) is 0 Å². The topological polar surface area (TPSA) is 20.3 Å². The van der Waals surface area contributed by atoms with E-state index in [1.807, 2.05) is 4.90 Å². The molecule has 0 N–H and O–H groups in total. The number of halogens is 1. The molecule has 1 unspecified atom stereocenters. The van der Waals surface area contributed by atoms with Gasteiger partial charge in [0.1, 0.15) is 0 Å². The molecule has 0 bridgehead atoms. The number of nitrogens with zero attached hydrogens (tertiary/aromatic N) is 1. The summed E-state index contributed by atoms with van der Waals surface area (Å²) in [4.78, 5) is 15.1. The van der Waals surface area contributed by atoms with Crippen LogP contribution in [0.5, 0.6) is 0 Å². The molecular formula is C17H22BrNO. The first kappa shape index (κ1) is 14.1. The molecule has 1 aromatic rings. The first-order chi connectivity index (χ1) is 9.74. The Morgan fingerprint density at radius 3 is 2.95 bits per heavy atom. The Kier molecular flexibility index (Phi) is 3.89. The lowest BCUT2D eigenvalue weighted by atomic mass is 9.68. The minimum absolute atomic E-state index is 0.206. The number of carbonyl (C=O) groups is 1. The van der Waals surface area contributed by atoms with Crippen LogP contribution in [0.25, 0.3) is 0 Å². The monoisotopic (exact) mass is 335 g/mol. The van der Waals surface area contributed by atoms with E-state index in [1.54, 1.807) is 0 Å². The minimum atomic E-state index is -0.206. The van der Waals surface area contributed by atoms with Crippen molar-refractivity contribution in [3.63, 3.8) is 0 Å². The molecular weight excluding hydrogens is 314 g/mol. The van der Waals surface area contributed by atoms with Gasteiger partial charge in [0.15, 0.2) is 0 Å². The number of hydrogen-bond donors (Lipinski definition) is 0. The van der Waals surface area contributed by atoms with Crippen LogP contribution >= 0.6 is 15.9 Å². The number of rotatable bonds is 5. The van der Waals surface area contributed by atoms with Gasteiger partial charge in [-0.3, -0.25) is 4.79 Å². The Balaban J connectivity index is 2.06. The number of hydrogen-bond acceptors (Lipinski definition) is 1. The average molecular weight is 336 g/mol. The number of carbonyl (C=O) groups excluding carboxylic acids is 1. The zero-order valence-electron chi connectivity index (χ0n) is 12.1. The van der Waals surface area contributed by atoms with E-state index < -0.39 is 0 Å². The molecule has 0 saturated heterocycles. The number of unbranched alkanes of at least 4 members (excludes halogenated alkanes) is 1. The molecule has 1 aromatic carbocycles. The molecule has 0 saturated carbocycles. The van der Waals surface area contributed by atoms with Crippen molar-refractivity contribution in [3.05, 3.63) is 29.3 Å². The summed E-state index contributed by atoms with van der Waals surface area (Å²) in [6.07, 6.45) is 6.61. The molecule has 2 aliphatic rings. The lowest BCUT2D eigenvalue weighted by molar-refractivity contribution is -0.124. The van der Waals surface area contributed by atoms with Gasteiger partial charge >= 0.3 is 0 Å². The van der Waals surface area contributed by atoms with Crippen LogP contribution in [0.15, 0.2) is 18.2 Å². The smallest absolute Gasteiger partial charge is 0.237 e. The number of amides is 1. The maximum Gasteiger partial charge on any atom is 0.237 e. The van der Waals surface area contributed by atoms with E-state index >= 15 is 0 Å². The van der Waals surface area contributed by atoms with Gasteiger partial charge in [-0.15, -0.1) is 0 Å². The van der Waals surface area contributed by atoms with Crippen LogP contribution in [0.4, 0.5) is 5.69 Å². The van der Waals surface area contributed by atoms with Gasteiger partial charge in [-0.2, -0.15) is 0 Å². The third kappa shape index (κ3) is 1.93. The van der Waals surface area contributed by atoms with Crippen LogP contribution in [0.2, 0.25) is 0 Å². The maximum atomic E-state index is 13.0. The Labute approximate surface area is 129 Å². The summed E-state index contributed by atoms with van der Waals surface area (Å²) in [7, 11) is 0. The van der Waals surface area contributed by atoms with E-state index in [-0.39, 0.29) is 5.41 Å². The highest BCUT2D eigenvalue weighted by Gasteiger charge is 2.51. The molecule has 1 atom stereocenters. The molecule has 1 aliphatic heterocycles. The predicted octanol–water partition coefficient (Wildman–Crippen LogP) is 4.19. The third-order valence-electron chi connectivity index (χ3n) is 4.91. The largest absolute Gasteiger partial charge is 0.312 e. The van der Waals surface area contributed by atoms with Crippen molar-refractivity contribution in [1.29, 1.82) is 0 Å². The van der Waals surface area contributed by atoms with Gasteiger partial charge in [0.25, 0.3) is 0 Å². The van der Waals surface area contributed by atoms with E-state index in [4.69, 9.17) is 0 Å². The predicted molar refractivity (Wildman–Crippen MR) is 86.7 cm³/mol. The van der Waals surface area contributed by atoms with Gasteiger partial charge in [-0.05, 0) is 56.2 Å². The van der Waals surface area contributed by atoms with Crippen molar-refractivity contribution in [2.45, 2.75) is 50.9 Å². The Morgan fingerprint density at radius 2 is 2.20 bits per heavy atom. The fraction of sp³-hybridized carbons (Fsp3) is 0.588. The summed E-state index contributed by atoms with van der Waals surface area (Å²) in [5, 5.41) is 1.03. The summed E-state index contributed by atoms with van der Waals surface area (Å²) in [6, 6.07) is 6.48. The highest BCUT2D eigenvalue weighted by atomic mass is 79.9. The Hall–Kier alpha value is -0.830. The highest BCUT2D eigenvalue weighted by Crippen LogP contribution is 2.51. The van der Waals surface area contributed by atoms with Crippen LogP contribution in [0.1, 0.15) is 50.2 Å². The minimum Gasteiger partial charge on any atom is -0.312 e. The summed E-state index contributed by atoms with van der Waals surface area (Å²) >= 11 is 3.50.